The fraction of sp³-hybridized carbons (Fsp3) is 0.375. The normalized spacial score (nSPS) is 20.1. The number of carbonyl (C=O) groups excluding carboxylic acids is 1. The van der Waals surface area contributed by atoms with Crippen molar-refractivity contribution in [3.63, 3.8) is 0 Å². The van der Waals surface area contributed by atoms with Crippen molar-refractivity contribution in [2.45, 2.75) is 26.8 Å². The van der Waals surface area contributed by atoms with Crippen LogP contribution >= 0.6 is 11.3 Å². The van der Waals surface area contributed by atoms with Crippen LogP contribution in [0.4, 0.5) is 5.00 Å². The van der Waals surface area contributed by atoms with E-state index in [1.165, 1.54) is 33.4 Å². The van der Waals surface area contributed by atoms with Gasteiger partial charge in [0.25, 0.3) is 5.91 Å². The first-order valence-electron chi connectivity index (χ1n) is 10.6. The summed E-state index contributed by atoms with van der Waals surface area (Å²) in [6.07, 6.45) is 1.53. The van der Waals surface area contributed by atoms with Gasteiger partial charge in [0.1, 0.15) is 37.2 Å². The van der Waals surface area contributed by atoms with Gasteiger partial charge in [0.15, 0.2) is 5.76 Å². The highest BCUT2D eigenvalue weighted by Gasteiger charge is 2.35. The molecule has 4 rings (SSSR count). The molecule has 1 aliphatic heterocycles. The first-order valence-corrected chi connectivity index (χ1v) is 11.4. The Morgan fingerprint density at radius 3 is 2.40 bits per heavy atom. The summed E-state index contributed by atoms with van der Waals surface area (Å²) in [4.78, 5) is 17.2. The molecule has 0 aliphatic carbocycles. The smallest absolute Gasteiger partial charge is 0.291 e. The second kappa shape index (κ2) is 8.76. The lowest BCUT2D eigenvalue weighted by molar-refractivity contribution is -1.02. The predicted molar refractivity (Wildman–Crippen MR) is 121 cm³/mol. The lowest BCUT2D eigenvalue weighted by Crippen LogP contribution is -3.27. The van der Waals surface area contributed by atoms with Gasteiger partial charge in [-0.2, -0.15) is 0 Å². The molecule has 30 heavy (non-hydrogen) atoms. The molecule has 2 aromatic heterocycles. The van der Waals surface area contributed by atoms with E-state index in [2.05, 4.69) is 57.4 Å². The molecule has 1 aromatic carbocycles. The molecule has 0 unspecified atom stereocenters. The van der Waals surface area contributed by atoms with E-state index in [1.807, 2.05) is 0 Å². The number of aryl methyl sites for hydroxylation is 2. The van der Waals surface area contributed by atoms with Gasteiger partial charge in [0.05, 0.1) is 18.9 Å². The van der Waals surface area contributed by atoms with E-state index in [4.69, 9.17) is 4.42 Å². The van der Waals surface area contributed by atoms with Crippen LogP contribution in [0.15, 0.2) is 47.1 Å². The van der Waals surface area contributed by atoms with E-state index >= 15 is 0 Å². The van der Waals surface area contributed by atoms with E-state index in [-0.39, 0.29) is 11.9 Å². The second-order valence-electron chi connectivity index (χ2n) is 8.42. The summed E-state index contributed by atoms with van der Waals surface area (Å²) in [6, 6.07) is 12.5. The molecule has 1 saturated heterocycles. The first kappa shape index (κ1) is 20.8. The van der Waals surface area contributed by atoms with Crippen molar-refractivity contribution in [3.05, 3.63) is 75.6 Å². The minimum absolute atomic E-state index is 0.192. The minimum Gasteiger partial charge on any atom is -0.459 e. The Hall–Kier alpha value is -2.41. The number of nitrogens with one attached hydrogen (secondary N) is 3. The Morgan fingerprint density at radius 2 is 1.77 bits per heavy atom. The van der Waals surface area contributed by atoms with Gasteiger partial charge < -0.3 is 19.5 Å². The number of hydrogen-bond acceptors (Lipinski definition) is 3. The van der Waals surface area contributed by atoms with E-state index in [0.29, 0.717) is 5.76 Å². The molecular weight excluding hydrogens is 394 g/mol. The molecule has 1 aliphatic rings. The van der Waals surface area contributed by atoms with Crippen molar-refractivity contribution >= 4 is 22.2 Å². The molecule has 1 atom stereocenters. The predicted octanol–water partition coefficient (Wildman–Crippen LogP) is 2.02. The highest BCUT2D eigenvalue weighted by molar-refractivity contribution is 7.16. The highest BCUT2D eigenvalue weighted by atomic mass is 32.1. The van der Waals surface area contributed by atoms with Gasteiger partial charge in [-0.15, -0.1) is 11.3 Å². The zero-order chi connectivity index (χ0) is 21.3. The van der Waals surface area contributed by atoms with Crippen LogP contribution in [0.2, 0.25) is 0 Å². The highest BCUT2D eigenvalue weighted by Crippen LogP contribution is 2.38. The van der Waals surface area contributed by atoms with Crippen LogP contribution in [-0.4, -0.2) is 39.1 Å². The number of rotatable bonds is 5. The number of benzene rings is 1. The quantitative estimate of drug-likeness (QED) is 0.586. The fourth-order valence-electron chi connectivity index (χ4n) is 4.31. The Balaban J connectivity index is 1.76. The topological polar surface area (TPSA) is 51.1 Å². The van der Waals surface area contributed by atoms with Crippen molar-refractivity contribution in [2.24, 2.45) is 0 Å². The van der Waals surface area contributed by atoms with E-state index in [1.54, 1.807) is 33.3 Å². The van der Waals surface area contributed by atoms with Crippen LogP contribution in [0.25, 0.3) is 0 Å². The van der Waals surface area contributed by atoms with Gasteiger partial charge >= 0.3 is 0 Å². The molecule has 3 heterocycles. The van der Waals surface area contributed by atoms with Crippen LogP contribution in [0.3, 0.4) is 0 Å². The zero-order valence-corrected chi connectivity index (χ0v) is 19.0. The van der Waals surface area contributed by atoms with Crippen LogP contribution < -0.4 is 15.1 Å². The van der Waals surface area contributed by atoms with E-state index < -0.39 is 0 Å². The van der Waals surface area contributed by atoms with Crippen molar-refractivity contribution in [2.75, 3.05) is 38.5 Å². The van der Waals surface area contributed by atoms with E-state index in [0.717, 1.165) is 31.2 Å². The van der Waals surface area contributed by atoms with Gasteiger partial charge in [-0.05, 0) is 38.5 Å². The summed E-state index contributed by atoms with van der Waals surface area (Å²) in [5.41, 5.74) is 5.10. The summed E-state index contributed by atoms with van der Waals surface area (Å²) in [5, 5.41) is 4.09. The number of anilines is 1. The maximum absolute atomic E-state index is 12.8. The molecule has 1 fully saturated rings. The summed E-state index contributed by atoms with van der Waals surface area (Å²) in [7, 11) is 2.27. The van der Waals surface area contributed by atoms with Crippen LogP contribution in [-0.2, 0) is 0 Å². The number of hydrogen-bond donors (Lipinski definition) is 3. The Kier molecular flexibility index (Phi) is 6.09. The van der Waals surface area contributed by atoms with Gasteiger partial charge in [0.2, 0.25) is 0 Å². The number of thiophene rings is 1. The van der Waals surface area contributed by atoms with Crippen LogP contribution in [0.5, 0.6) is 0 Å². The largest absolute Gasteiger partial charge is 0.459 e. The maximum Gasteiger partial charge on any atom is 0.291 e. The number of likely N-dealkylation sites (N-methyl/N-ethyl adjacent to an activating group) is 1. The van der Waals surface area contributed by atoms with Crippen molar-refractivity contribution in [1.29, 1.82) is 0 Å². The van der Waals surface area contributed by atoms with Crippen molar-refractivity contribution in [1.82, 2.24) is 0 Å². The van der Waals surface area contributed by atoms with Crippen LogP contribution in [0, 0.1) is 20.8 Å². The fourth-order valence-corrected chi connectivity index (χ4v) is 5.40. The molecular formula is C24H31N3O2S+2. The third-order valence-electron chi connectivity index (χ3n) is 6.26. The Morgan fingerprint density at radius 1 is 1.07 bits per heavy atom. The molecule has 0 spiro atoms. The summed E-state index contributed by atoms with van der Waals surface area (Å²) in [6.45, 7) is 11.0. The Labute approximate surface area is 182 Å². The number of piperazine rings is 1. The summed E-state index contributed by atoms with van der Waals surface area (Å²) in [5.74, 6) is 0.148. The van der Waals surface area contributed by atoms with Crippen molar-refractivity contribution in [3.8, 4) is 0 Å². The maximum atomic E-state index is 12.8. The first-order chi connectivity index (χ1) is 14.4. The molecule has 1 amide bonds. The SMILES string of the molecule is Cc1ccc([C@H](c2c(NC(=O)c3ccco3)sc(C)c2C)[NH+]2CC[NH+](C)CC2)cc1. The van der Waals surface area contributed by atoms with Crippen molar-refractivity contribution < 1.29 is 19.0 Å². The standard InChI is InChI=1S/C24H29N3O2S/c1-16-7-9-19(10-8-16)22(27-13-11-26(4)12-14-27)21-17(2)18(3)30-24(21)25-23(28)20-6-5-15-29-20/h5-10,15,22H,11-14H2,1-4H3,(H,25,28)/p+2/t22-/m1/s1. The summed E-state index contributed by atoms with van der Waals surface area (Å²) < 4.78 is 5.32. The van der Waals surface area contributed by atoms with E-state index in [9.17, 15) is 4.79 Å². The molecule has 3 aromatic rings. The van der Waals surface area contributed by atoms with Gasteiger partial charge in [-0.1, -0.05) is 29.8 Å². The average Bonchev–Trinajstić information content (AvgIpc) is 3.36. The third-order valence-corrected chi connectivity index (χ3v) is 7.40. The monoisotopic (exact) mass is 425 g/mol. The minimum atomic E-state index is -0.192. The number of furan rings is 1. The molecule has 6 heteroatoms. The van der Waals surface area contributed by atoms with Crippen LogP contribution in [0.1, 0.15) is 43.7 Å². The zero-order valence-electron chi connectivity index (χ0n) is 18.2. The van der Waals surface area contributed by atoms with Gasteiger partial charge in [0, 0.05) is 10.4 Å². The molecule has 158 valence electrons. The molecule has 0 radical (unpaired) electrons. The molecule has 3 N–H and O–H groups in total. The molecule has 0 bridgehead atoms. The number of amides is 1. The average molecular weight is 426 g/mol. The summed E-state index contributed by atoms with van der Waals surface area (Å²) >= 11 is 1.67. The number of quaternary nitrogens is 2. The second-order valence-corrected chi connectivity index (χ2v) is 9.64. The number of carbonyl (C=O) groups is 1. The lowest BCUT2D eigenvalue weighted by atomic mass is 9.93. The van der Waals surface area contributed by atoms with Gasteiger partial charge in [-0.3, -0.25) is 4.79 Å². The Bertz CT molecular complexity index is 1000. The molecule has 0 saturated carbocycles. The van der Waals surface area contributed by atoms with Gasteiger partial charge in [-0.25, -0.2) is 0 Å². The lowest BCUT2D eigenvalue weighted by Gasteiger charge is -2.34. The molecule has 5 nitrogen and oxygen atoms in total. The third kappa shape index (κ3) is 4.21.